The van der Waals surface area contributed by atoms with Crippen LogP contribution in [0.5, 0.6) is 0 Å². The zero-order valence-corrected chi connectivity index (χ0v) is 11.4. The summed E-state index contributed by atoms with van der Waals surface area (Å²) in [6, 6.07) is 2.07. The van der Waals surface area contributed by atoms with E-state index in [1.807, 2.05) is 0 Å². The molecule has 0 spiro atoms. The Kier molecular flexibility index (Phi) is 3.29. The highest BCUT2D eigenvalue weighted by Gasteiger charge is 2.26. The fraction of sp³-hybridized carbons (Fsp3) is 0.786. The average Bonchev–Trinajstić information content (AvgIpc) is 3.05. The molecule has 2 unspecified atom stereocenters. The van der Waals surface area contributed by atoms with E-state index in [0.29, 0.717) is 6.04 Å². The number of anilines is 1. The monoisotopic (exact) mass is 249 g/mol. The van der Waals surface area contributed by atoms with Crippen molar-refractivity contribution in [3.05, 3.63) is 12.0 Å². The summed E-state index contributed by atoms with van der Waals surface area (Å²) in [5.74, 6) is 0.821. The van der Waals surface area contributed by atoms with Crippen LogP contribution in [0.1, 0.15) is 45.2 Å². The van der Waals surface area contributed by atoms with Crippen molar-refractivity contribution in [2.75, 3.05) is 11.4 Å². The summed E-state index contributed by atoms with van der Waals surface area (Å²) < 4.78 is 5.64. The summed E-state index contributed by atoms with van der Waals surface area (Å²) in [5.41, 5.74) is 1.03. The minimum atomic E-state index is 0.539. The molecule has 1 saturated heterocycles. The van der Waals surface area contributed by atoms with Crippen LogP contribution < -0.4 is 10.2 Å². The molecule has 0 radical (unpaired) electrons. The van der Waals surface area contributed by atoms with E-state index in [1.54, 1.807) is 6.26 Å². The number of oxazole rings is 1. The van der Waals surface area contributed by atoms with Crippen molar-refractivity contribution >= 4 is 6.01 Å². The maximum absolute atomic E-state index is 5.64. The normalized spacial score (nSPS) is 28.7. The van der Waals surface area contributed by atoms with Crippen LogP contribution in [0.25, 0.3) is 0 Å². The molecule has 2 atom stereocenters. The second-order valence-corrected chi connectivity index (χ2v) is 5.95. The van der Waals surface area contributed by atoms with Gasteiger partial charge in [-0.1, -0.05) is 6.92 Å². The Balaban J connectivity index is 1.60. The smallest absolute Gasteiger partial charge is 0.297 e. The number of aromatic nitrogens is 1. The molecule has 1 saturated carbocycles. The molecule has 1 N–H and O–H groups in total. The molecule has 1 aromatic heterocycles. The Morgan fingerprint density at radius 3 is 2.94 bits per heavy atom. The fourth-order valence-electron chi connectivity index (χ4n) is 2.74. The summed E-state index contributed by atoms with van der Waals surface area (Å²) in [4.78, 5) is 6.91. The van der Waals surface area contributed by atoms with Gasteiger partial charge >= 0.3 is 0 Å². The molecular weight excluding hydrogens is 226 g/mol. The van der Waals surface area contributed by atoms with E-state index in [9.17, 15) is 0 Å². The number of piperidine rings is 1. The van der Waals surface area contributed by atoms with Gasteiger partial charge in [0, 0.05) is 25.2 Å². The molecule has 1 aliphatic heterocycles. The molecule has 100 valence electrons. The van der Waals surface area contributed by atoms with E-state index in [1.165, 1.54) is 25.7 Å². The average molecular weight is 249 g/mol. The van der Waals surface area contributed by atoms with Crippen LogP contribution in [0.2, 0.25) is 0 Å². The standard InChI is InChI=1S/C14H23N3O/c1-10-5-6-17(11(2)7-10)14-16-13(9-18-14)8-15-12-3-4-12/h9-12,15H,3-8H2,1-2H3. The third kappa shape index (κ3) is 2.69. The number of hydrogen-bond donors (Lipinski definition) is 1. The van der Waals surface area contributed by atoms with Gasteiger partial charge in [0.25, 0.3) is 6.01 Å². The molecule has 0 amide bonds. The van der Waals surface area contributed by atoms with Gasteiger partial charge in [-0.05, 0) is 38.5 Å². The van der Waals surface area contributed by atoms with E-state index < -0.39 is 0 Å². The highest BCUT2D eigenvalue weighted by molar-refractivity contribution is 5.29. The molecule has 2 aliphatic rings. The van der Waals surface area contributed by atoms with Crippen LogP contribution in [0, 0.1) is 5.92 Å². The van der Waals surface area contributed by atoms with Crippen LogP contribution in [0.4, 0.5) is 6.01 Å². The predicted octanol–water partition coefficient (Wildman–Crippen LogP) is 2.55. The van der Waals surface area contributed by atoms with Crippen LogP contribution in [-0.2, 0) is 6.54 Å². The second-order valence-electron chi connectivity index (χ2n) is 5.95. The van der Waals surface area contributed by atoms with Crippen molar-refractivity contribution in [2.45, 2.75) is 58.2 Å². The van der Waals surface area contributed by atoms with E-state index >= 15 is 0 Å². The van der Waals surface area contributed by atoms with Crippen LogP contribution in [-0.4, -0.2) is 23.6 Å². The topological polar surface area (TPSA) is 41.3 Å². The number of nitrogens with one attached hydrogen (secondary N) is 1. The molecule has 0 bridgehead atoms. The SMILES string of the molecule is CC1CCN(c2nc(CNC3CC3)co2)C(C)C1. The van der Waals surface area contributed by atoms with Gasteiger partial charge in [0.2, 0.25) is 0 Å². The molecule has 2 fully saturated rings. The van der Waals surface area contributed by atoms with Crippen molar-refractivity contribution in [3.63, 3.8) is 0 Å². The Hall–Kier alpha value is -1.03. The lowest BCUT2D eigenvalue weighted by molar-refractivity contribution is 0.357. The molecule has 4 nitrogen and oxygen atoms in total. The minimum absolute atomic E-state index is 0.539. The molecule has 3 rings (SSSR count). The molecule has 2 heterocycles. The van der Waals surface area contributed by atoms with E-state index in [-0.39, 0.29) is 0 Å². The van der Waals surface area contributed by atoms with Crippen molar-refractivity contribution in [1.82, 2.24) is 10.3 Å². The molecule has 0 aromatic carbocycles. The van der Waals surface area contributed by atoms with Gasteiger partial charge in [-0.3, -0.25) is 0 Å². The molecule has 1 aromatic rings. The number of nitrogens with zero attached hydrogens (tertiary/aromatic N) is 2. The summed E-state index contributed by atoms with van der Waals surface area (Å²) in [6.07, 6.45) is 6.90. The first-order valence-corrected chi connectivity index (χ1v) is 7.17. The summed E-state index contributed by atoms with van der Waals surface area (Å²) in [6.45, 7) is 6.50. The van der Waals surface area contributed by atoms with Crippen molar-refractivity contribution in [1.29, 1.82) is 0 Å². The Morgan fingerprint density at radius 2 is 2.22 bits per heavy atom. The molecule has 18 heavy (non-hydrogen) atoms. The highest BCUT2D eigenvalue weighted by atomic mass is 16.4. The maximum atomic E-state index is 5.64. The van der Waals surface area contributed by atoms with Gasteiger partial charge in [0.1, 0.15) is 6.26 Å². The van der Waals surface area contributed by atoms with E-state index in [2.05, 4.69) is 29.0 Å². The van der Waals surface area contributed by atoms with Crippen molar-refractivity contribution in [2.24, 2.45) is 5.92 Å². The van der Waals surface area contributed by atoms with Gasteiger partial charge in [-0.15, -0.1) is 0 Å². The first-order chi connectivity index (χ1) is 8.72. The third-order valence-electron chi connectivity index (χ3n) is 4.07. The first-order valence-electron chi connectivity index (χ1n) is 7.17. The van der Waals surface area contributed by atoms with Gasteiger partial charge in [-0.25, -0.2) is 0 Å². The number of hydrogen-bond acceptors (Lipinski definition) is 4. The molecular formula is C14H23N3O. The van der Waals surface area contributed by atoms with E-state index in [4.69, 9.17) is 4.42 Å². The lowest BCUT2D eigenvalue weighted by Crippen LogP contribution is -2.40. The van der Waals surface area contributed by atoms with Gasteiger partial charge < -0.3 is 14.6 Å². The highest BCUT2D eigenvalue weighted by Crippen LogP contribution is 2.27. The quantitative estimate of drug-likeness (QED) is 0.890. The minimum Gasteiger partial charge on any atom is -0.432 e. The Bertz CT molecular complexity index is 399. The summed E-state index contributed by atoms with van der Waals surface area (Å²) in [5, 5.41) is 3.47. The molecule has 4 heteroatoms. The zero-order valence-electron chi connectivity index (χ0n) is 11.4. The van der Waals surface area contributed by atoms with Crippen molar-refractivity contribution in [3.8, 4) is 0 Å². The van der Waals surface area contributed by atoms with Crippen LogP contribution in [0.15, 0.2) is 10.7 Å². The third-order valence-corrected chi connectivity index (χ3v) is 4.07. The lowest BCUT2D eigenvalue weighted by atomic mass is 9.94. The van der Waals surface area contributed by atoms with Crippen LogP contribution in [0.3, 0.4) is 0 Å². The maximum Gasteiger partial charge on any atom is 0.297 e. The first kappa shape index (κ1) is 12.0. The van der Waals surface area contributed by atoms with Gasteiger partial charge in [-0.2, -0.15) is 4.98 Å². The van der Waals surface area contributed by atoms with Crippen LogP contribution >= 0.6 is 0 Å². The van der Waals surface area contributed by atoms with Gasteiger partial charge in [0.05, 0.1) is 5.69 Å². The second kappa shape index (κ2) is 4.92. The van der Waals surface area contributed by atoms with E-state index in [0.717, 1.165) is 36.8 Å². The Morgan fingerprint density at radius 1 is 1.39 bits per heavy atom. The predicted molar refractivity (Wildman–Crippen MR) is 71.6 cm³/mol. The lowest BCUT2D eigenvalue weighted by Gasteiger charge is -2.35. The number of rotatable bonds is 4. The fourth-order valence-corrected chi connectivity index (χ4v) is 2.74. The van der Waals surface area contributed by atoms with Crippen molar-refractivity contribution < 1.29 is 4.42 Å². The summed E-state index contributed by atoms with van der Waals surface area (Å²) in [7, 11) is 0. The summed E-state index contributed by atoms with van der Waals surface area (Å²) >= 11 is 0. The molecule has 1 aliphatic carbocycles. The Labute approximate surface area is 109 Å². The van der Waals surface area contributed by atoms with Gasteiger partial charge in [0.15, 0.2) is 0 Å². The largest absolute Gasteiger partial charge is 0.432 e. The zero-order chi connectivity index (χ0) is 12.5.